The zero-order valence-electron chi connectivity index (χ0n) is 3.53. The Kier molecular flexibility index (Phi) is 56.7. The average Bonchev–Trinajstić information content (AvgIpc) is 1.37. The highest BCUT2D eigenvalue weighted by Crippen LogP contribution is 1.70. The molecule has 6 heavy (non-hydrogen) atoms. The first-order chi connectivity index (χ1) is 1.91. The van der Waals surface area contributed by atoms with Crippen LogP contribution < -0.4 is 0 Å². The van der Waals surface area contributed by atoms with E-state index >= 15 is 0 Å². The van der Waals surface area contributed by atoms with Crippen LogP contribution in [0.25, 0.3) is 0 Å². The summed E-state index contributed by atoms with van der Waals surface area (Å²) in [6.45, 7) is 1.87. The molecule has 0 bridgehead atoms. The van der Waals surface area contributed by atoms with Gasteiger partial charge >= 0.3 is 0 Å². The van der Waals surface area contributed by atoms with Crippen molar-refractivity contribution >= 4 is 11.6 Å². The summed E-state index contributed by atoms with van der Waals surface area (Å²) < 4.78 is 0. The SMILES string of the molecule is CC=CCl.O.O. The van der Waals surface area contributed by atoms with Crippen LogP contribution in [0.15, 0.2) is 11.6 Å². The summed E-state index contributed by atoms with van der Waals surface area (Å²) in [6.07, 6.45) is 1.77. The lowest BCUT2D eigenvalue weighted by atomic mass is 10.8. The highest BCUT2D eigenvalue weighted by molar-refractivity contribution is 6.25. The third-order valence-corrected chi connectivity index (χ3v) is 0.378. The van der Waals surface area contributed by atoms with Gasteiger partial charge < -0.3 is 11.0 Å². The number of hydrogen-bond donors (Lipinski definition) is 0. The van der Waals surface area contributed by atoms with Gasteiger partial charge in [0.05, 0.1) is 0 Å². The van der Waals surface area contributed by atoms with Crippen LogP contribution in [-0.4, -0.2) is 11.0 Å². The molecule has 0 aromatic rings. The molecule has 3 heteroatoms. The van der Waals surface area contributed by atoms with Crippen LogP contribution in [0.5, 0.6) is 0 Å². The second kappa shape index (κ2) is 20.3. The van der Waals surface area contributed by atoms with E-state index in [1.165, 1.54) is 5.54 Å². The zero-order chi connectivity index (χ0) is 3.41. The van der Waals surface area contributed by atoms with Crippen LogP contribution >= 0.6 is 11.6 Å². The summed E-state index contributed by atoms with van der Waals surface area (Å²) in [6, 6.07) is 0. The van der Waals surface area contributed by atoms with Crippen LogP contribution in [0, 0.1) is 0 Å². The molecule has 0 saturated heterocycles. The Labute approximate surface area is 42.0 Å². The molecule has 4 N–H and O–H groups in total. The standard InChI is InChI=1S/C3H5Cl.2H2O/c1-2-3-4;;/h2-3H,1H3;2*1H2. The Morgan fingerprint density at radius 1 is 1.33 bits per heavy atom. The molecule has 0 atom stereocenters. The quantitative estimate of drug-likeness (QED) is 0.427. The minimum absolute atomic E-state index is 0. The van der Waals surface area contributed by atoms with Gasteiger partial charge in [-0.15, -0.1) is 0 Å². The molecule has 0 aromatic heterocycles. The van der Waals surface area contributed by atoms with Gasteiger partial charge in [0.2, 0.25) is 0 Å². The van der Waals surface area contributed by atoms with E-state index in [2.05, 4.69) is 0 Å². The molecule has 0 radical (unpaired) electrons. The molecule has 0 spiro atoms. The normalized spacial score (nSPS) is 6.33. The second-order valence-corrected chi connectivity index (χ2v) is 0.711. The molecule has 0 aliphatic carbocycles. The van der Waals surface area contributed by atoms with Crippen LogP contribution in [0.3, 0.4) is 0 Å². The van der Waals surface area contributed by atoms with Crippen molar-refractivity contribution in [2.75, 3.05) is 0 Å². The maximum absolute atomic E-state index is 5.01. The summed E-state index contributed by atoms with van der Waals surface area (Å²) in [5, 5.41) is 0. The Morgan fingerprint density at radius 3 is 1.50 bits per heavy atom. The fraction of sp³-hybridized carbons (Fsp3) is 0.333. The predicted octanol–water partition coefficient (Wildman–Crippen LogP) is 0.109. The van der Waals surface area contributed by atoms with E-state index in [1.54, 1.807) is 6.08 Å². The lowest BCUT2D eigenvalue weighted by Crippen LogP contribution is -1.20. The van der Waals surface area contributed by atoms with Crippen molar-refractivity contribution in [1.82, 2.24) is 0 Å². The van der Waals surface area contributed by atoms with Crippen molar-refractivity contribution in [3.63, 3.8) is 0 Å². The molecule has 0 aromatic carbocycles. The van der Waals surface area contributed by atoms with E-state index in [0.29, 0.717) is 0 Å². The molecular weight excluding hydrogens is 103 g/mol. The molecule has 0 fully saturated rings. The Balaban J connectivity index is -0.0000000450. The summed E-state index contributed by atoms with van der Waals surface area (Å²) in [5.74, 6) is 0. The maximum Gasteiger partial charge on any atom is -0.0000330 e. The van der Waals surface area contributed by atoms with Gasteiger partial charge in [-0.05, 0) is 12.5 Å². The highest BCUT2D eigenvalue weighted by Gasteiger charge is 1.37. The van der Waals surface area contributed by atoms with Crippen molar-refractivity contribution in [3.8, 4) is 0 Å². The average molecular weight is 113 g/mol. The number of rotatable bonds is 0. The van der Waals surface area contributed by atoms with Gasteiger partial charge in [0.25, 0.3) is 0 Å². The predicted molar refractivity (Wildman–Crippen MR) is 27.9 cm³/mol. The van der Waals surface area contributed by atoms with Crippen molar-refractivity contribution in [2.24, 2.45) is 0 Å². The minimum Gasteiger partial charge on any atom is -0.412 e. The molecule has 0 saturated carbocycles. The van der Waals surface area contributed by atoms with E-state index in [1.807, 2.05) is 6.92 Å². The van der Waals surface area contributed by atoms with Crippen LogP contribution in [0.2, 0.25) is 0 Å². The van der Waals surface area contributed by atoms with E-state index in [-0.39, 0.29) is 11.0 Å². The van der Waals surface area contributed by atoms with E-state index in [0.717, 1.165) is 0 Å². The molecule has 0 aliphatic heterocycles. The molecule has 0 aliphatic rings. The van der Waals surface area contributed by atoms with E-state index < -0.39 is 0 Å². The van der Waals surface area contributed by atoms with Crippen molar-refractivity contribution in [1.29, 1.82) is 0 Å². The molecular formula is C3H9ClO2. The molecule has 0 rings (SSSR count). The fourth-order valence-corrected chi connectivity index (χ4v) is 0. The van der Waals surface area contributed by atoms with Crippen LogP contribution in [-0.2, 0) is 0 Å². The van der Waals surface area contributed by atoms with Gasteiger partial charge in [-0.1, -0.05) is 17.7 Å². The largest absolute Gasteiger partial charge is 0.412 e. The first-order valence-corrected chi connectivity index (χ1v) is 1.57. The number of hydrogen-bond acceptors (Lipinski definition) is 0. The van der Waals surface area contributed by atoms with Crippen molar-refractivity contribution in [2.45, 2.75) is 6.92 Å². The van der Waals surface area contributed by atoms with Crippen LogP contribution in [0.4, 0.5) is 0 Å². The lowest BCUT2D eigenvalue weighted by Gasteiger charge is -1.46. The van der Waals surface area contributed by atoms with Crippen LogP contribution in [0.1, 0.15) is 6.92 Å². The smallest absolute Gasteiger partial charge is 0.0000330 e. The number of halogens is 1. The van der Waals surface area contributed by atoms with Gasteiger partial charge in [-0.2, -0.15) is 0 Å². The molecule has 0 heterocycles. The lowest BCUT2D eigenvalue weighted by molar-refractivity contribution is 0.823. The van der Waals surface area contributed by atoms with E-state index in [4.69, 9.17) is 11.6 Å². The molecule has 40 valence electrons. The summed E-state index contributed by atoms with van der Waals surface area (Å²) >= 11 is 5.01. The first-order valence-electron chi connectivity index (χ1n) is 1.13. The Morgan fingerprint density at radius 2 is 1.50 bits per heavy atom. The first kappa shape index (κ1) is 16.8. The summed E-state index contributed by atoms with van der Waals surface area (Å²) in [7, 11) is 0. The van der Waals surface area contributed by atoms with E-state index in [9.17, 15) is 0 Å². The van der Waals surface area contributed by atoms with Gasteiger partial charge in [0, 0.05) is 0 Å². The van der Waals surface area contributed by atoms with Gasteiger partial charge in [-0.25, -0.2) is 0 Å². The molecule has 2 nitrogen and oxygen atoms in total. The third kappa shape index (κ3) is 38.1. The van der Waals surface area contributed by atoms with Gasteiger partial charge in [0.1, 0.15) is 0 Å². The highest BCUT2D eigenvalue weighted by atomic mass is 35.5. The Bertz CT molecular complexity index is 24.0. The van der Waals surface area contributed by atoms with Gasteiger partial charge in [0.15, 0.2) is 0 Å². The topological polar surface area (TPSA) is 63.0 Å². The summed E-state index contributed by atoms with van der Waals surface area (Å²) in [4.78, 5) is 0. The monoisotopic (exact) mass is 112 g/mol. The summed E-state index contributed by atoms with van der Waals surface area (Å²) in [5.41, 5.74) is 1.47. The maximum atomic E-state index is 5.01. The second-order valence-electron chi connectivity index (χ2n) is 0.459. The zero-order valence-corrected chi connectivity index (χ0v) is 4.29. The molecule has 0 amide bonds. The van der Waals surface area contributed by atoms with Gasteiger partial charge in [-0.3, -0.25) is 0 Å². The van der Waals surface area contributed by atoms with Crippen molar-refractivity contribution < 1.29 is 11.0 Å². The third-order valence-electron chi connectivity index (χ3n) is 0.126. The fourth-order valence-electron chi connectivity index (χ4n) is 0. The molecule has 0 unspecified atom stereocenters. The Hall–Kier alpha value is -0.0500. The number of allylic oxidation sites excluding steroid dienone is 1. The van der Waals surface area contributed by atoms with Crippen molar-refractivity contribution in [3.05, 3.63) is 11.6 Å². The minimum atomic E-state index is 0.